The first kappa shape index (κ1) is 33.2. The number of benzene rings is 3. The summed E-state index contributed by atoms with van der Waals surface area (Å²) in [5.41, 5.74) is 3.15. The molecule has 6 nitrogen and oxygen atoms in total. The number of allylic oxidation sites excluding steroid dienone is 1. The molecule has 3 aromatic carbocycles. The van der Waals surface area contributed by atoms with Crippen LogP contribution in [-0.4, -0.2) is 35.7 Å². The molecule has 0 aliphatic carbocycles. The van der Waals surface area contributed by atoms with Crippen molar-refractivity contribution in [3.63, 3.8) is 0 Å². The molecule has 1 heterocycles. The first-order valence-electron chi connectivity index (χ1n) is 14.2. The number of carboxylic acid groups (broad SMARTS) is 1. The molecule has 0 fully saturated rings. The van der Waals surface area contributed by atoms with Crippen LogP contribution in [-0.2, 0) is 16.0 Å². The number of nitrogens with one attached hydrogen (secondary N) is 1. The first-order chi connectivity index (χ1) is 20.9. The second-order valence-corrected chi connectivity index (χ2v) is 12.7. The summed E-state index contributed by atoms with van der Waals surface area (Å²) in [6.07, 6.45) is 2.26. The summed E-state index contributed by atoms with van der Waals surface area (Å²) in [7, 11) is 1.58. The number of thioether (sulfide) groups is 1. The lowest BCUT2D eigenvalue weighted by Crippen LogP contribution is -2.27. The first-order valence-corrected chi connectivity index (χ1v) is 15.5. The third-order valence-electron chi connectivity index (χ3n) is 8.06. The Bertz CT molecular complexity index is 1590. The van der Waals surface area contributed by atoms with E-state index in [9.17, 15) is 14.0 Å². The predicted molar refractivity (Wildman–Crippen MR) is 172 cm³/mol. The maximum atomic E-state index is 15.0. The molecule has 0 bridgehead atoms. The Labute approximate surface area is 265 Å². The number of amides is 1. The molecular weight excluding hydrogens is 606 g/mol. The molecule has 2 unspecified atom stereocenters. The van der Waals surface area contributed by atoms with Gasteiger partial charge in [0.1, 0.15) is 17.4 Å². The molecule has 44 heavy (non-hydrogen) atoms. The highest BCUT2D eigenvalue weighted by molar-refractivity contribution is 8.13. The molecule has 10 heteroatoms. The van der Waals surface area contributed by atoms with Gasteiger partial charge in [-0.05, 0) is 70.5 Å². The number of hydrogen-bond donors (Lipinski definition) is 2. The van der Waals surface area contributed by atoms with Crippen molar-refractivity contribution in [1.29, 1.82) is 0 Å². The smallest absolute Gasteiger partial charge is 0.305 e. The molecule has 0 spiro atoms. The van der Waals surface area contributed by atoms with Crippen molar-refractivity contribution in [2.75, 3.05) is 13.7 Å². The van der Waals surface area contributed by atoms with Gasteiger partial charge >= 0.3 is 5.97 Å². The van der Waals surface area contributed by atoms with Crippen molar-refractivity contribution in [2.45, 2.75) is 50.7 Å². The van der Waals surface area contributed by atoms with Gasteiger partial charge in [-0.1, -0.05) is 56.6 Å². The zero-order valence-electron chi connectivity index (χ0n) is 25.0. The summed E-state index contributed by atoms with van der Waals surface area (Å²) in [5.74, 6) is -1.53. The van der Waals surface area contributed by atoms with Gasteiger partial charge in [0.25, 0.3) is 5.91 Å². The summed E-state index contributed by atoms with van der Waals surface area (Å²) >= 11 is 7.73. The van der Waals surface area contributed by atoms with Gasteiger partial charge in [0, 0.05) is 35.9 Å². The number of aliphatic carboxylic acids is 1. The van der Waals surface area contributed by atoms with Crippen LogP contribution in [0.4, 0.5) is 8.78 Å². The summed E-state index contributed by atoms with van der Waals surface area (Å²) in [5, 5.41) is 12.6. The second-order valence-electron chi connectivity index (χ2n) is 11.2. The van der Waals surface area contributed by atoms with E-state index in [1.54, 1.807) is 25.3 Å². The molecule has 0 saturated carbocycles. The zero-order chi connectivity index (χ0) is 32.0. The minimum absolute atomic E-state index is 0.0224. The number of halogens is 3. The molecular formula is C34H35ClF2N2O4S. The Morgan fingerprint density at radius 1 is 1.11 bits per heavy atom. The highest BCUT2D eigenvalue weighted by Crippen LogP contribution is 2.46. The molecule has 3 aromatic rings. The molecule has 4 rings (SSSR count). The molecule has 2 N–H and O–H groups in total. The monoisotopic (exact) mass is 640 g/mol. The van der Waals surface area contributed by atoms with Gasteiger partial charge in [0.05, 0.1) is 23.6 Å². The lowest BCUT2D eigenvalue weighted by Gasteiger charge is -2.35. The Hall–Kier alpha value is -3.69. The molecule has 232 valence electrons. The average molecular weight is 641 g/mol. The SMILES string of the molecule is COc1cc(C(C)(C)C2=CN=C(SCc3ccc(C(=O)NCCC(=O)O)cc3F)CC(c3ccc(F)cc3)C2C)ccc1Cl. The van der Waals surface area contributed by atoms with Crippen LogP contribution in [0, 0.1) is 17.6 Å². The number of carboxylic acids is 1. The number of carbonyl (C=O) groups excluding carboxylic acids is 1. The number of nitrogens with zero attached hydrogens (tertiary/aromatic N) is 1. The van der Waals surface area contributed by atoms with Crippen LogP contribution >= 0.6 is 23.4 Å². The van der Waals surface area contributed by atoms with E-state index >= 15 is 4.39 Å². The number of rotatable bonds is 10. The van der Waals surface area contributed by atoms with E-state index in [2.05, 4.69) is 26.1 Å². The van der Waals surface area contributed by atoms with E-state index in [0.29, 0.717) is 22.8 Å². The Kier molecular flexibility index (Phi) is 10.9. The lowest BCUT2D eigenvalue weighted by molar-refractivity contribution is -0.136. The Balaban J connectivity index is 1.61. The number of ether oxygens (including phenoxy) is 1. The van der Waals surface area contributed by atoms with E-state index in [1.807, 2.05) is 24.4 Å². The molecule has 0 aromatic heterocycles. The van der Waals surface area contributed by atoms with Crippen molar-refractivity contribution in [2.24, 2.45) is 10.9 Å². The number of aliphatic imine (C=N–C) groups is 1. The van der Waals surface area contributed by atoms with Gasteiger partial charge < -0.3 is 15.2 Å². The van der Waals surface area contributed by atoms with Gasteiger partial charge in [0.2, 0.25) is 0 Å². The second kappa shape index (κ2) is 14.4. The summed E-state index contributed by atoms with van der Waals surface area (Å²) in [6.45, 7) is 6.36. The van der Waals surface area contributed by atoms with Gasteiger partial charge in [-0.15, -0.1) is 11.8 Å². The highest BCUT2D eigenvalue weighted by atomic mass is 35.5. The van der Waals surface area contributed by atoms with Crippen LogP contribution in [0.1, 0.15) is 66.6 Å². The van der Waals surface area contributed by atoms with Crippen LogP contribution in [0.5, 0.6) is 5.75 Å². The van der Waals surface area contributed by atoms with Crippen LogP contribution in [0.25, 0.3) is 0 Å². The molecule has 1 aliphatic rings. The van der Waals surface area contributed by atoms with Crippen LogP contribution in [0.15, 0.2) is 77.4 Å². The highest BCUT2D eigenvalue weighted by Gasteiger charge is 2.36. The van der Waals surface area contributed by atoms with Gasteiger partial charge in [0.15, 0.2) is 0 Å². The fourth-order valence-corrected chi connectivity index (χ4v) is 6.58. The Morgan fingerprint density at radius 2 is 1.84 bits per heavy atom. The quantitative estimate of drug-likeness (QED) is 0.234. The average Bonchev–Trinajstić information content (AvgIpc) is 3.15. The van der Waals surface area contributed by atoms with Crippen LogP contribution in [0.2, 0.25) is 5.02 Å². The van der Waals surface area contributed by atoms with E-state index in [0.717, 1.165) is 27.8 Å². The third kappa shape index (κ3) is 7.87. The maximum absolute atomic E-state index is 15.0. The van der Waals surface area contributed by atoms with Crippen molar-refractivity contribution in [1.82, 2.24) is 5.32 Å². The van der Waals surface area contributed by atoms with Crippen LogP contribution in [0.3, 0.4) is 0 Å². The number of hydrogen-bond acceptors (Lipinski definition) is 5. The molecule has 1 amide bonds. The van der Waals surface area contributed by atoms with E-state index in [1.165, 1.54) is 30.0 Å². The fraction of sp³-hybridized carbons (Fsp3) is 0.324. The van der Waals surface area contributed by atoms with E-state index < -0.39 is 23.1 Å². The van der Waals surface area contributed by atoms with E-state index in [4.69, 9.17) is 26.4 Å². The summed E-state index contributed by atoms with van der Waals surface area (Å²) in [6, 6.07) is 16.5. The van der Waals surface area contributed by atoms with Crippen molar-refractivity contribution >= 4 is 40.3 Å². The molecule has 0 saturated heterocycles. The Morgan fingerprint density at radius 3 is 2.50 bits per heavy atom. The predicted octanol–water partition coefficient (Wildman–Crippen LogP) is 8.15. The van der Waals surface area contributed by atoms with E-state index in [-0.39, 0.29) is 41.9 Å². The largest absolute Gasteiger partial charge is 0.495 e. The normalized spacial score (nSPS) is 16.9. The maximum Gasteiger partial charge on any atom is 0.305 e. The zero-order valence-corrected chi connectivity index (χ0v) is 26.6. The topological polar surface area (TPSA) is 88.0 Å². The van der Waals surface area contributed by atoms with Crippen LogP contribution < -0.4 is 10.1 Å². The standard InChI is InChI=1S/C34H35ClF2N2O4S/c1-20-26(21-7-10-25(36)11-8-21)17-31(39-18-27(20)34(2,3)24-9-12-28(35)30(16-24)43-4)44-19-23-6-5-22(15-29(23)37)33(42)38-14-13-32(40)41/h5-12,15-16,18,20,26H,13-14,17,19H2,1-4H3,(H,38,42)(H,40,41). The molecule has 0 radical (unpaired) electrons. The summed E-state index contributed by atoms with van der Waals surface area (Å²) < 4.78 is 34.4. The third-order valence-corrected chi connectivity index (χ3v) is 9.44. The number of carbonyl (C=O) groups is 2. The van der Waals surface area contributed by atoms with Gasteiger partial charge in [-0.25, -0.2) is 8.78 Å². The van der Waals surface area contributed by atoms with Gasteiger partial charge in [-0.2, -0.15) is 0 Å². The minimum Gasteiger partial charge on any atom is -0.495 e. The lowest BCUT2D eigenvalue weighted by atomic mass is 9.68. The molecule has 2 atom stereocenters. The number of methoxy groups -OCH3 is 1. The van der Waals surface area contributed by atoms with Crippen molar-refractivity contribution < 1.29 is 28.2 Å². The summed E-state index contributed by atoms with van der Waals surface area (Å²) in [4.78, 5) is 27.9. The fourth-order valence-electron chi connectivity index (χ4n) is 5.40. The van der Waals surface area contributed by atoms with Crippen molar-refractivity contribution in [3.05, 3.63) is 111 Å². The van der Waals surface area contributed by atoms with Crippen molar-refractivity contribution in [3.8, 4) is 5.75 Å². The van der Waals surface area contributed by atoms with Gasteiger partial charge in [-0.3, -0.25) is 14.6 Å². The molecule has 1 aliphatic heterocycles. The minimum atomic E-state index is -1.03.